The zero-order valence-corrected chi connectivity index (χ0v) is 13.2. The van der Waals surface area contributed by atoms with Crippen molar-refractivity contribution >= 4 is 23.2 Å². The molecule has 0 bridgehead atoms. The maximum Gasteiger partial charge on any atom is 0.0595 e. The fourth-order valence-corrected chi connectivity index (χ4v) is 4.18. The molecule has 2 aromatic rings. The van der Waals surface area contributed by atoms with Gasteiger partial charge in [-0.05, 0) is 48.2 Å². The third-order valence-electron chi connectivity index (χ3n) is 4.86. The molecule has 1 unspecified atom stereocenters. The van der Waals surface area contributed by atoms with Crippen molar-refractivity contribution in [2.75, 3.05) is 13.1 Å². The van der Waals surface area contributed by atoms with E-state index < -0.39 is 0 Å². The first-order valence-corrected chi connectivity index (χ1v) is 8.27. The molecular weight excluding hydrogens is 301 g/mol. The molecule has 21 heavy (non-hydrogen) atoms. The summed E-state index contributed by atoms with van der Waals surface area (Å²) in [5.41, 5.74) is 4.22. The van der Waals surface area contributed by atoms with Gasteiger partial charge in [-0.25, -0.2) is 0 Å². The molecule has 3 heteroatoms. The predicted octanol–water partition coefficient (Wildman–Crippen LogP) is 5.28. The Hall–Kier alpha value is -1.02. The highest BCUT2D eigenvalue weighted by Gasteiger charge is 2.36. The van der Waals surface area contributed by atoms with E-state index in [1.165, 1.54) is 36.1 Å². The van der Waals surface area contributed by atoms with E-state index in [1.54, 1.807) is 0 Å². The summed E-state index contributed by atoms with van der Waals surface area (Å²) >= 11 is 12.3. The molecule has 0 aliphatic carbocycles. The van der Waals surface area contributed by atoms with Crippen LogP contribution in [0.4, 0.5) is 0 Å². The lowest BCUT2D eigenvalue weighted by atomic mass is 9.82. The Morgan fingerprint density at radius 3 is 2.57 bits per heavy atom. The van der Waals surface area contributed by atoms with Gasteiger partial charge >= 0.3 is 0 Å². The highest BCUT2D eigenvalue weighted by molar-refractivity contribution is 6.42. The Kier molecular flexibility index (Phi) is 3.45. The van der Waals surface area contributed by atoms with Gasteiger partial charge in [0.2, 0.25) is 0 Å². The largest absolute Gasteiger partial charge is 0.295 e. The molecule has 2 heterocycles. The first-order chi connectivity index (χ1) is 10.2. The molecule has 0 amide bonds. The Morgan fingerprint density at radius 2 is 1.76 bits per heavy atom. The summed E-state index contributed by atoms with van der Waals surface area (Å²) in [7, 11) is 0. The average Bonchev–Trinajstić information content (AvgIpc) is 2.98. The molecule has 1 fully saturated rings. The number of hydrogen-bond acceptors (Lipinski definition) is 1. The lowest BCUT2D eigenvalue weighted by Crippen LogP contribution is -2.34. The molecule has 2 aliphatic rings. The van der Waals surface area contributed by atoms with Crippen LogP contribution in [0, 0.1) is 0 Å². The number of benzene rings is 2. The summed E-state index contributed by atoms with van der Waals surface area (Å²) in [5.74, 6) is 0.394. The second kappa shape index (κ2) is 5.31. The quantitative estimate of drug-likeness (QED) is 0.692. The molecule has 108 valence electrons. The summed E-state index contributed by atoms with van der Waals surface area (Å²) in [5, 5.41) is 1.28. The van der Waals surface area contributed by atoms with Gasteiger partial charge in [0.1, 0.15) is 0 Å². The highest BCUT2D eigenvalue weighted by Crippen LogP contribution is 2.44. The summed E-state index contributed by atoms with van der Waals surface area (Å²) < 4.78 is 0. The fourth-order valence-electron chi connectivity index (χ4n) is 3.88. The van der Waals surface area contributed by atoms with Crippen LogP contribution in [-0.4, -0.2) is 18.0 Å². The maximum absolute atomic E-state index is 6.23. The first kappa shape index (κ1) is 13.6. The van der Waals surface area contributed by atoms with Gasteiger partial charge in [0.05, 0.1) is 10.0 Å². The molecule has 2 aromatic carbocycles. The minimum absolute atomic E-state index is 0.394. The predicted molar refractivity (Wildman–Crippen MR) is 88.3 cm³/mol. The monoisotopic (exact) mass is 317 g/mol. The highest BCUT2D eigenvalue weighted by atomic mass is 35.5. The molecule has 4 rings (SSSR count). The molecule has 0 N–H and O–H groups in total. The Bertz CT molecular complexity index is 683. The number of rotatable bonds is 1. The van der Waals surface area contributed by atoms with E-state index in [-0.39, 0.29) is 0 Å². The van der Waals surface area contributed by atoms with E-state index in [0.29, 0.717) is 22.0 Å². The molecule has 1 nitrogen and oxygen atoms in total. The van der Waals surface area contributed by atoms with Crippen molar-refractivity contribution in [1.82, 2.24) is 4.90 Å². The van der Waals surface area contributed by atoms with Crippen molar-refractivity contribution in [1.29, 1.82) is 0 Å². The molecule has 0 radical (unpaired) electrons. The summed E-state index contributed by atoms with van der Waals surface area (Å²) in [6.07, 6.45) is 2.58. The molecule has 1 saturated heterocycles. The fraction of sp³-hybridized carbons (Fsp3) is 0.333. The zero-order valence-electron chi connectivity index (χ0n) is 11.7. The Morgan fingerprint density at radius 1 is 0.952 bits per heavy atom. The molecular formula is C18H17Cl2N. The molecule has 0 aromatic heterocycles. The Labute approximate surface area is 135 Å². The molecule has 0 saturated carbocycles. The van der Waals surface area contributed by atoms with Gasteiger partial charge < -0.3 is 0 Å². The van der Waals surface area contributed by atoms with E-state index in [1.807, 2.05) is 12.1 Å². The topological polar surface area (TPSA) is 3.24 Å². The minimum atomic E-state index is 0.394. The summed E-state index contributed by atoms with van der Waals surface area (Å²) in [6.45, 7) is 2.29. The normalized spacial score (nSPS) is 24.7. The summed E-state index contributed by atoms with van der Waals surface area (Å²) in [4.78, 5) is 2.62. The van der Waals surface area contributed by atoms with Gasteiger partial charge in [0.15, 0.2) is 0 Å². The van der Waals surface area contributed by atoms with Crippen LogP contribution >= 0.6 is 23.2 Å². The van der Waals surface area contributed by atoms with E-state index in [0.717, 1.165) is 6.54 Å². The van der Waals surface area contributed by atoms with Crippen molar-refractivity contribution in [2.24, 2.45) is 0 Å². The number of halogens is 2. The van der Waals surface area contributed by atoms with Crippen LogP contribution < -0.4 is 0 Å². The number of fused-ring (bicyclic) bond motifs is 3. The molecule has 0 spiro atoms. The van der Waals surface area contributed by atoms with Crippen LogP contribution in [0.1, 0.15) is 41.5 Å². The Balaban J connectivity index is 1.82. The number of hydrogen-bond donors (Lipinski definition) is 0. The second-order valence-electron chi connectivity index (χ2n) is 6.01. The van der Waals surface area contributed by atoms with E-state index in [9.17, 15) is 0 Å². The van der Waals surface area contributed by atoms with Crippen LogP contribution in [0.25, 0.3) is 0 Å². The van der Waals surface area contributed by atoms with Gasteiger partial charge in [-0.1, -0.05) is 53.5 Å². The van der Waals surface area contributed by atoms with Crippen LogP contribution in [0.2, 0.25) is 10.0 Å². The molecule has 2 aliphatic heterocycles. The van der Waals surface area contributed by atoms with Gasteiger partial charge in [0.25, 0.3) is 0 Å². The zero-order chi connectivity index (χ0) is 14.4. The van der Waals surface area contributed by atoms with Crippen LogP contribution in [0.5, 0.6) is 0 Å². The van der Waals surface area contributed by atoms with Crippen molar-refractivity contribution in [2.45, 2.75) is 24.8 Å². The van der Waals surface area contributed by atoms with Crippen molar-refractivity contribution < 1.29 is 0 Å². The van der Waals surface area contributed by atoms with Crippen molar-refractivity contribution in [3.05, 3.63) is 69.2 Å². The summed E-state index contributed by atoms with van der Waals surface area (Å²) in [6, 6.07) is 15.5. The van der Waals surface area contributed by atoms with E-state index in [2.05, 4.69) is 35.2 Å². The van der Waals surface area contributed by atoms with Gasteiger partial charge in [-0.3, -0.25) is 4.90 Å². The standard InChI is InChI=1S/C18H17Cl2N/c19-16-8-7-12(10-17(16)20)15-11-21-9-3-6-18(21)14-5-2-1-4-13(14)15/h1-2,4-5,7-8,10,15,18H,3,6,9,11H2/t15?,18-/m0/s1. The molecule has 2 atom stereocenters. The maximum atomic E-state index is 6.23. The first-order valence-electron chi connectivity index (χ1n) is 7.52. The van der Waals surface area contributed by atoms with Crippen molar-refractivity contribution in [3.8, 4) is 0 Å². The lowest BCUT2D eigenvalue weighted by molar-refractivity contribution is 0.230. The van der Waals surface area contributed by atoms with Gasteiger partial charge in [0, 0.05) is 18.5 Å². The van der Waals surface area contributed by atoms with Crippen LogP contribution in [0.3, 0.4) is 0 Å². The SMILES string of the molecule is Clc1ccc(C2CN3CCC[C@H]3c3ccccc32)cc1Cl. The average molecular weight is 318 g/mol. The van der Waals surface area contributed by atoms with Crippen molar-refractivity contribution in [3.63, 3.8) is 0 Å². The van der Waals surface area contributed by atoms with Crippen LogP contribution in [-0.2, 0) is 0 Å². The van der Waals surface area contributed by atoms with E-state index >= 15 is 0 Å². The smallest absolute Gasteiger partial charge is 0.0595 e. The third kappa shape index (κ3) is 2.28. The third-order valence-corrected chi connectivity index (χ3v) is 5.60. The number of nitrogens with zero attached hydrogens (tertiary/aromatic N) is 1. The van der Waals surface area contributed by atoms with E-state index in [4.69, 9.17) is 23.2 Å². The van der Waals surface area contributed by atoms with Gasteiger partial charge in [-0.15, -0.1) is 0 Å². The van der Waals surface area contributed by atoms with Crippen LogP contribution in [0.15, 0.2) is 42.5 Å². The lowest BCUT2D eigenvalue weighted by Gasteiger charge is -2.37. The second-order valence-corrected chi connectivity index (χ2v) is 6.82. The van der Waals surface area contributed by atoms with Gasteiger partial charge in [-0.2, -0.15) is 0 Å². The minimum Gasteiger partial charge on any atom is -0.295 e.